The second kappa shape index (κ2) is 13.2. The zero-order valence-corrected chi connectivity index (χ0v) is 36.0. The van der Waals surface area contributed by atoms with Crippen LogP contribution in [0.3, 0.4) is 0 Å². The summed E-state index contributed by atoms with van der Waals surface area (Å²) in [6.45, 7) is 28.1. The summed E-state index contributed by atoms with van der Waals surface area (Å²) >= 11 is 0. The molecule has 6 aromatic rings. The van der Waals surface area contributed by atoms with Crippen LogP contribution in [0.1, 0.15) is 130 Å². The van der Waals surface area contributed by atoms with Crippen molar-refractivity contribution in [2.75, 3.05) is 9.80 Å². The molecule has 2 unspecified atom stereocenters. The predicted molar refractivity (Wildman–Crippen MR) is 240 cm³/mol. The molecule has 0 radical (unpaired) electrons. The highest BCUT2D eigenvalue weighted by Gasteiger charge is 2.57. The van der Waals surface area contributed by atoms with E-state index < -0.39 is 0 Å². The number of hydrogen-bond donors (Lipinski definition) is 0. The highest BCUT2D eigenvalue weighted by atomic mass is 16.3. The molecule has 3 heteroatoms. The van der Waals surface area contributed by atoms with Gasteiger partial charge in [0.15, 0.2) is 0 Å². The Balaban J connectivity index is 1.39. The van der Waals surface area contributed by atoms with Gasteiger partial charge in [0.05, 0.1) is 16.9 Å². The largest absolute Gasteiger partial charge is 0.462 e. The fraction of sp³-hybridized carbons (Fsp3) is 0.396. The molecular formula is C53H62N2O. The number of nitrogens with zero attached hydrogens (tertiary/aromatic N) is 2. The lowest BCUT2D eigenvalue weighted by molar-refractivity contribution is 0.195. The van der Waals surface area contributed by atoms with Gasteiger partial charge in [-0.15, -0.1) is 0 Å². The van der Waals surface area contributed by atoms with Crippen molar-refractivity contribution in [2.24, 2.45) is 0 Å². The Kier molecular flexibility index (Phi) is 8.95. The van der Waals surface area contributed by atoms with E-state index in [0.717, 1.165) is 34.5 Å². The molecule has 56 heavy (non-hydrogen) atoms. The molecule has 2 atom stereocenters. The van der Waals surface area contributed by atoms with E-state index in [1.807, 2.05) is 6.26 Å². The normalized spacial score (nSPS) is 20.0. The Morgan fingerprint density at radius 2 is 1.25 bits per heavy atom. The minimum atomic E-state index is -0.0603. The summed E-state index contributed by atoms with van der Waals surface area (Å²) in [5, 5.41) is 1.10. The fourth-order valence-electron chi connectivity index (χ4n) is 9.72. The Morgan fingerprint density at radius 3 is 1.95 bits per heavy atom. The van der Waals surface area contributed by atoms with Gasteiger partial charge < -0.3 is 14.2 Å². The van der Waals surface area contributed by atoms with Crippen molar-refractivity contribution < 1.29 is 4.42 Å². The zero-order valence-electron chi connectivity index (χ0n) is 36.0. The van der Waals surface area contributed by atoms with Crippen LogP contribution in [0.25, 0.3) is 22.1 Å². The van der Waals surface area contributed by atoms with E-state index in [2.05, 4.69) is 196 Å². The first kappa shape index (κ1) is 38.1. The van der Waals surface area contributed by atoms with E-state index in [-0.39, 0.29) is 27.2 Å². The Morgan fingerprint density at radius 1 is 0.625 bits per heavy atom. The molecule has 3 nitrogen and oxygen atoms in total. The maximum atomic E-state index is 6.53. The quantitative estimate of drug-likeness (QED) is 0.175. The molecule has 0 spiro atoms. The van der Waals surface area contributed by atoms with Crippen molar-refractivity contribution in [1.82, 2.24) is 0 Å². The van der Waals surface area contributed by atoms with E-state index in [9.17, 15) is 0 Å². The second-order valence-corrected chi connectivity index (χ2v) is 20.4. The van der Waals surface area contributed by atoms with Gasteiger partial charge in [-0.25, -0.2) is 0 Å². The lowest BCUT2D eigenvalue weighted by Crippen LogP contribution is -2.54. The van der Waals surface area contributed by atoms with Gasteiger partial charge in [-0.1, -0.05) is 137 Å². The van der Waals surface area contributed by atoms with Crippen LogP contribution in [0.15, 0.2) is 114 Å². The smallest absolute Gasteiger partial charge is 0.136 e. The molecule has 290 valence electrons. The summed E-state index contributed by atoms with van der Waals surface area (Å²) in [6, 6.07) is 39.3. The van der Waals surface area contributed by atoms with Crippen LogP contribution in [0.2, 0.25) is 0 Å². The SMILES string of the molecule is Cc1cc(N(c2ccc(C(C)(C)C)cc2-c2ccccc2)c2coc3cc(C(C)(C)C)ccc23)cc(N2c3ccc(C(C)(C)C)cc3C3(C)CCCCC23C)c1. The molecule has 1 aliphatic carbocycles. The van der Waals surface area contributed by atoms with Gasteiger partial charge in [0.2, 0.25) is 0 Å². The van der Waals surface area contributed by atoms with E-state index in [1.54, 1.807) is 0 Å². The third-order valence-electron chi connectivity index (χ3n) is 13.4. The number of rotatable bonds is 5. The standard InChI is InChI=1S/C53H62N2O/c1-35-28-40(33-41(29-35)55-46-25-22-38(50(5,6)7)31-44(46)52(11)26-16-17-27-53(52,55)12)54(47-34-56-48-32-39(51(8,9)10)20-23-42(47)48)45-24-21-37(49(2,3)4)30-43(45)36-18-14-13-15-19-36/h13-15,18-25,28-34H,16-17,26-27H2,1-12H3. The van der Waals surface area contributed by atoms with Crippen LogP contribution in [-0.2, 0) is 21.7 Å². The van der Waals surface area contributed by atoms with E-state index in [1.165, 1.54) is 69.6 Å². The summed E-state index contributed by atoms with van der Waals surface area (Å²) in [4.78, 5) is 5.20. The van der Waals surface area contributed by atoms with Gasteiger partial charge in [-0.3, -0.25) is 0 Å². The first-order valence-electron chi connectivity index (χ1n) is 20.9. The number of aryl methyl sites for hydroxylation is 1. The molecule has 2 heterocycles. The van der Waals surface area contributed by atoms with Crippen molar-refractivity contribution >= 4 is 39.4 Å². The summed E-state index contributed by atoms with van der Waals surface area (Å²) in [7, 11) is 0. The highest BCUT2D eigenvalue weighted by molar-refractivity contribution is 6.00. The monoisotopic (exact) mass is 742 g/mol. The van der Waals surface area contributed by atoms with Crippen LogP contribution in [0, 0.1) is 6.92 Å². The van der Waals surface area contributed by atoms with Crippen molar-refractivity contribution in [3.05, 3.63) is 137 Å². The Labute approximate surface area is 336 Å². The van der Waals surface area contributed by atoms with Crippen LogP contribution < -0.4 is 9.80 Å². The molecule has 0 bridgehead atoms. The van der Waals surface area contributed by atoms with Gasteiger partial charge in [-0.2, -0.15) is 0 Å². The lowest BCUT2D eigenvalue weighted by atomic mass is 9.61. The molecule has 1 fully saturated rings. The minimum Gasteiger partial charge on any atom is -0.462 e. The van der Waals surface area contributed by atoms with Crippen molar-refractivity contribution in [3.8, 4) is 11.1 Å². The summed E-state index contributed by atoms with van der Waals surface area (Å²) in [6.07, 6.45) is 6.84. The van der Waals surface area contributed by atoms with E-state index >= 15 is 0 Å². The number of hydrogen-bond acceptors (Lipinski definition) is 3. The summed E-state index contributed by atoms with van der Waals surface area (Å²) in [5.41, 5.74) is 16.0. The number of anilines is 5. The molecule has 0 amide bonds. The van der Waals surface area contributed by atoms with Gasteiger partial charge in [-0.05, 0) is 125 Å². The average molecular weight is 743 g/mol. The average Bonchev–Trinajstić information content (AvgIpc) is 3.64. The van der Waals surface area contributed by atoms with Gasteiger partial charge in [0, 0.05) is 33.4 Å². The van der Waals surface area contributed by atoms with Crippen LogP contribution in [0.4, 0.5) is 28.4 Å². The van der Waals surface area contributed by atoms with Crippen LogP contribution in [-0.4, -0.2) is 5.54 Å². The molecule has 0 N–H and O–H groups in total. The number of fused-ring (bicyclic) bond motifs is 4. The van der Waals surface area contributed by atoms with Gasteiger partial charge >= 0.3 is 0 Å². The van der Waals surface area contributed by atoms with E-state index in [4.69, 9.17) is 4.42 Å². The first-order chi connectivity index (χ1) is 26.3. The van der Waals surface area contributed by atoms with Crippen molar-refractivity contribution in [2.45, 2.75) is 136 Å². The molecule has 0 saturated heterocycles. The molecule has 5 aromatic carbocycles. The van der Waals surface area contributed by atoms with Crippen LogP contribution >= 0.6 is 0 Å². The number of benzene rings is 5. The second-order valence-electron chi connectivity index (χ2n) is 20.4. The van der Waals surface area contributed by atoms with Crippen LogP contribution in [0.5, 0.6) is 0 Å². The molecule has 1 aromatic heterocycles. The third-order valence-corrected chi connectivity index (χ3v) is 13.4. The lowest BCUT2D eigenvalue weighted by Gasteiger charge is -2.50. The maximum Gasteiger partial charge on any atom is 0.136 e. The summed E-state index contributed by atoms with van der Waals surface area (Å²) in [5.74, 6) is 0. The van der Waals surface area contributed by atoms with Gasteiger partial charge in [0.1, 0.15) is 11.8 Å². The first-order valence-corrected chi connectivity index (χ1v) is 20.9. The molecule has 8 rings (SSSR count). The predicted octanol–water partition coefficient (Wildman–Crippen LogP) is 15.5. The molecule has 2 aliphatic rings. The maximum absolute atomic E-state index is 6.53. The molecular weight excluding hydrogens is 681 g/mol. The highest BCUT2D eigenvalue weighted by Crippen LogP contribution is 2.61. The minimum absolute atomic E-state index is 0.00677. The Bertz CT molecular complexity index is 2430. The fourth-order valence-corrected chi connectivity index (χ4v) is 9.72. The van der Waals surface area contributed by atoms with Gasteiger partial charge in [0.25, 0.3) is 0 Å². The number of furan rings is 1. The zero-order chi connectivity index (χ0) is 40.0. The summed E-state index contributed by atoms with van der Waals surface area (Å²) < 4.78 is 6.53. The van der Waals surface area contributed by atoms with E-state index in [0.29, 0.717) is 0 Å². The van der Waals surface area contributed by atoms with Crippen molar-refractivity contribution in [1.29, 1.82) is 0 Å². The third kappa shape index (κ3) is 6.27. The van der Waals surface area contributed by atoms with Crippen molar-refractivity contribution in [3.63, 3.8) is 0 Å². The Hall–Kier alpha value is -4.76. The topological polar surface area (TPSA) is 19.6 Å². The molecule has 1 saturated carbocycles. The molecule has 1 aliphatic heterocycles.